The molecule has 0 saturated carbocycles. The highest BCUT2D eigenvalue weighted by molar-refractivity contribution is 6.10. The highest BCUT2D eigenvalue weighted by Crippen LogP contribution is 2.02. The van der Waals surface area contributed by atoms with Crippen LogP contribution in [0.1, 0.15) is 20.8 Å². The Kier molecular flexibility index (Phi) is 5.53. The molecule has 13 heavy (non-hydrogen) atoms. The van der Waals surface area contributed by atoms with Crippen LogP contribution in [0.5, 0.6) is 0 Å². The summed E-state index contributed by atoms with van der Waals surface area (Å²) in [5, 5.41) is 0. The number of allylic oxidation sites excluding steroid dienone is 5. The van der Waals surface area contributed by atoms with Crippen molar-refractivity contribution in [2.45, 2.75) is 20.8 Å². The van der Waals surface area contributed by atoms with Gasteiger partial charge in [-0.1, -0.05) is 30.9 Å². The lowest BCUT2D eigenvalue weighted by molar-refractivity contribution is 1.33. The van der Waals surface area contributed by atoms with E-state index < -0.39 is 0 Å². The second kappa shape index (κ2) is 6.18. The molecule has 0 aromatic carbocycles. The maximum absolute atomic E-state index is 4.28. The summed E-state index contributed by atoms with van der Waals surface area (Å²) >= 11 is 0. The van der Waals surface area contributed by atoms with Gasteiger partial charge in [-0.2, -0.15) is 0 Å². The molecule has 0 bridgehead atoms. The molecule has 70 valence electrons. The van der Waals surface area contributed by atoms with Gasteiger partial charge in [0.1, 0.15) is 0 Å². The normalized spacial score (nSPS) is 12.2. The number of hydrogen-bond acceptors (Lipinski definition) is 1. The molecule has 0 saturated heterocycles. The van der Waals surface area contributed by atoms with E-state index in [4.69, 9.17) is 0 Å². The van der Waals surface area contributed by atoms with E-state index in [0.29, 0.717) is 0 Å². The molecule has 0 aliphatic heterocycles. The summed E-state index contributed by atoms with van der Waals surface area (Å²) in [6.45, 7) is 13.4. The van der Waals surface area contributed by atoms with Crippen LogP contribution in [0.15, 0.2) is 53.7 Å². The van der Waals surface area contributed by atoms with Gasteiger partial charge in [0.25, 0.3) is 0 Å². The van der Waals surface area contributed by atoms with E-state index in [0.717, 1.165) is 11.3 Å². The topological polar surface area (TPSA) is 12.4 Å². The number of hydrogen-bond donors (Lipinski definition) is 0. The molecule has 0 aromatic heterocycles. The zero-order chi connectivity index (χ0) is 10.3. The smallest absolute Gasteiger partial charge is 0.0692 e. The number of nitrogens with zero attached hydrogens (tertiary/aromatic N) is 1. The third-order valence-corrected chi connectivity index (χ3v) is 1.48. The SMILES string of the molecule is C=CC(=C\C)/C(C=C)=N/C=C(C)C. The van der Waals surface area contributed by atoms with Crippen LogP contribution < -0.4 is 0 Å². The first-order valence-electron chi connectivity index (χ1n) is 4.28. The Labute approximate surface area is 80.9 Å². The average Bonchev–Trinajstić information content (AvgIpc) is 2.11. The zero-order valence-corrected chi connectivity index (χ0v) is 8.67. The second-order valence-electron chi connectivity index (χ2n) is 2.87. The third kappa shape index (κ3) is 4.26. The molecular weight excluding hydrogens is 158 g/mol. The maximum atomic E-state index is 4.28. The minimum atomic E-state index is 0.860. The predicted molar refractivity (Wildman–Crippen MR) is 61.0 cm³/mol. The fraction of sp³-hybridized carbons (Fsp3) is 0.250. The maximum Gasteiger partial charge on any atom is 0.0692 e. The van der Waals surface area contributed by atoms with Crippen LogP contribution in [-0.4, -0.2) is 5.71 Å². The van der Waals surface area contributed by atoms with Gasteiger partial charge in [-0.15, -0.1) is 0 Å². The lowest BCUT2D eigenvalue weighted by Crippen LogP contribution is -1.94. The highest BCUT2D eigenvalue weighted by atomic mass is 14.7. The largest absolute Gasteiger partial charge is 0.256 e. The average molecular weight is 175 g/mol. The summed E-state index contributed by atoms with van der Waals surface area (Å²) in [4.78, 5) is 4.28. The Balaban J connectivity index is 4.89. The summed E-state index contributed by atoms with van der Waals surface area (Å²) in [6, 6.07) is 0. The van der Waals surface area contributed by atoms with Crippen LogP contribution in [0.2, 0.25) is 0 Å². The molecule has 0 amide bonds. The Morgan fingerprint density at radius 1 is 1.15 bits per heavy atom. The Bertz CT molecular complexity index is 273. The summed E-state index contributed by atoms with van der Waals surface area (Å²) in [6.07, 6.45) is 7.30. The molecule has 1 heteroatoms. The summed E-state index contributed by atoms with van der Waals surface area (Å²) in [7, 11) is 0. The van der Waals surface area contributed by atoms with E-state index in [9.17, 15) is 0 Å². The number of rotatable bonds is 4. The molecule has 0 heterocycles. The zero-order valence-electron chi connectivity index (χ0n) is 8.67. The van der Waals surface area contributed by atoms with E-state index >= 15 is 0 Å². The van der Waals surface area contributed by atoms with Crippen molar-refractivity contribution in [1.29, 1.82) is 0 Å². The van der Waals surface area contributed by atoms with E-state index in [1.165, 1.54) is 5.57 Å². The molecule has 0 atom stereocenters. The van der Waals surface area contributed by atoms with Crippen molar-refractivity contribution in [3.63, 3.8) is 0 Å². The summed E-state index contributed by atoms with van der Waals surface area (Å²) in [5.41, 5.74) is 3.03. The van der Waals surface area contributed by atoms with E-state index in [2.05, 4.69) is 18.2 Å². The van der Waals surface area contributed by atoms with Crippen molar-refractivity contribution in [2.75, 3.05) is 0 Å². The molecule has 0 rings (SSSR count). The molecular formula is C12H17N. The van der Waals surface area contributed by atoms with Crippen molar-refractivity contribution < 1.29 is 0 Å². The molecule has 0 fully saturated rings. The molecule has 0 aliphatic carbocycles. The van der Waals surface area contributed by atoms with Gasteiger partial charge in [-0.05, 0) is 32.4 Å². The lowest BCUT2D eigenvalue weighted by Gasteiger charge is -1.98. The summed E-state index contributed by atoms with van der Waals surface area (Å²) < 4.78 is 0. The van der Waals surface area contributed by atoms with Gasteiger partial charge in [0, 0.05) is 6.20 Å². The van der Waals surface area contributed by atoms with E-state index in [-0.39, 0.29) is 0 Å². The van der Waals surface area contributed by atoms with Crippen LogP contribution in [0.4, 0.5) is 0 Å². The quantitative estimate of drug-likeness (QED) is 0.456. The van der Waals surface area contributed by atoms with Gasteiger partial charge >= 0.3 is 0 Å². The number of aliphatic imine (C=N–C) groups is 1. The van der Waals surface area contributed by atoms with Gasteiger partial charge < -0.3 is 0 Å². The van der Waals surface area contributed by atoms with Crippen molar-refractivity contribution in [2.24, 2.45) is 4.99 Å². The first kappa shape index (κ1) is 11.6. The van der Waals surface area contributed by atoms with Crippen molar-refractivity contribution in [3.05, 3.63) is 48.7 Å². The predicted octanol–water partition coefficient (Wildman–Crippen LogP) is 3.67. The Morgan fingerprint density at radius 2 is 1.77 bits per heavy atom. The van der Waals surface area contributed by atoms with Crippen LogP contribution in [0.3, 0.4) is 0 Å². The van der Waals surface area contributed by atoms with Gasteiger partial charge in [0.15, 0.2) is 0 Å². The van der Waals surface area contributed by atoms with Crippen LogP contribution >= 0.6 is 0 Å². The standard InChI is InChI=1S/C12H17N/c1-6-11(7-2)12(8-3)13-9-10(4)5/h6-9H,1,3H2,2,4-5H3/b11-7+,13-12+. The van der Waals surface area contributed by atoms with Gasteiger partial charge in [0.05, 0.1) is 5.71 Å². The lowest BCUT2D eigenvalue weighted by atomic mass is 10.1. The highest BCUT2D eigenvalue weighted by Gasteiger charge is 1.95. The van der Waals surface area contributed by atoms with Crippen molar-refractivity contribution >= 4 is 5.71 Å². The Morgan fingerprint density at radius 3 is 2.08 bits per heavy atom. The molecule has 0 unspecified atom stereocenters. The molecule has 0 radical (unpaired) electrons. The molecule has 0 aromatic rings. The first-order chi connectivity index (χ1) is 6.15. The summed E-state index contributed by atoms with van der Waals surface area (Å²) in [5.74, 6) is 0. The van der Waals surface area contributed by atoms with Crippen molar-refractivity contribution in [1.82, 2.24) is 0 Å². The second-order valence-corrected chi connectivity index (χ2v) is 2.87. The van der Waals surface area contributed by atoms with Crippen molar-refractivity contribution in [3.8, 4) is 0 Å². The molecule has 0 aliphatic rings. The molecule has 0 N–H and O–H groups in total. The minimum absolute atomic E-state index is 0.860. The third-order valence-electron chi connectivity index (χ3n) is 1.48. The van der Waals surface area contributed by atoms with Gasteiger partial charge in [-0.25, -0.2) is 0 Å². The van der Waals surface area contributed by atoms with Crippen LogP contribution in [0.25, 0.3) is 0 Å². The molecule has 0 spiro atoms. The van der Waals surface area contributed by atoms with Crippen LogP contribution in [0, 0.1) is 0 Å². The van der Waals surface area contributed by atoms with Gasteiger partial charge in [0.2, 0.25) is 0 Å². The monoisotopic (exact) mass is 175 g/mol. The van der Waals surface area contributed by atoms with E-state index in [1.54, 1.807) is 12.2 Å². The fourth-order valence-corrected chi connectivity index (χ4v) is 0.814. The Hall–Kier alpha value is -1.37. The molecule has 1 nitrogen and oxygen atoms in total. The van der Waals surface area contributed by atoms with Crippen LogP contribution in [-0.2, 0) is 0 Å². The first-order valence-corrected chi connectivity index (χ1v) is 4.28. The fourth-order valence-electron chi connectivity index (χ4n) is 0.814. The van der Waals surface area contributed by atoms with Gasteiger partial charge in [-0.3, -0.25) is 4.99 Å². The van der Waals surface area contributed by atoms with E-state index in [1.807, 2.05) is 33.0 Å². The minimum Gasteiger partial charge on any atom is -0.256 e.